The Labute approximate surface area is 107 Å². The van der Waals surface area contributed by atoms with E-state index in [2.05, 4.69) is 0 Å². The van der Waals surface area contributed by atoms with Gasteiger partial charge in [0, 0.05) is 25.1 Å². The SMILES string of the molecule is NC(=O)CCCCCN1Cc2ccccc2C1=O. The van der Waals surface area contributed by atoms with Crippen LogP contribution in [0, 0.1) is 0 Å². The van der Waals surface area contributed by atoms with Gasteiger partial charge in [0.1, 0.15) is 0 Å². The van der Waals surface area contributed by atoms with E-state index in [0.717, 1.165) is 36.9 Å². The summed E-state index contributed by atoms with van der Waals surface area (Å²) in [5, 5.41) is 0. The molecule has 0 radical (unpaired) electrons. The molecule has 4 nitrogen and oxygen atoms in total. The van der Waals surface area contributed by atoms with Crippen LogP contribution in [-0.2, 0) is 11.3 Å². The molecule has 1 heterocycles. The molecule has 0 spiro atoms. The second-order valence-electron chi connectivity index (χ2n) is 4.66. The van der Waals surface area contributed by atoms with Gasteiger partial charge in [-0.25, -0.2) is 0 Å². The Balaban J connectivity index is 1.76. The second-order valence-corrected chi connectivity index (χ2v) is 4.66. The molecule has 0 atom stereocenters. The molecule has 2 amide bonds. The average Bonchev–Trinajstić information content (AvgIpc) is 2.66. The van der Waals surface area contributed by atoms with Crippen molar-refractivity contribution in [2.24, 2.45) is 5.73 Å². The van der Waals surface area contributed by atoms with E-state index < -0.39 is 0 Å². The highest BCUT2D eigenvalue weighted by Crippen LogP contribution is 2.22. The van der Waals surface area contributed by atoms with Gasteiger partial charge in [0.15, 0.2) is 0 Å². The topological polar surface area (TPSA) is 63.4 Å². The predicted octanol–water partition coefficient (Wildman–Crippen LogP) is 1.69. The van der Waals surface area contributed by atoms with Crippen molar-refractivity contribution in [1.82, 2.24) is 4.90 Å². The molecule has 4 heteroatoms. The molecule has 1 aliphatic heterocycles. The molecule has 0 unspecified atom stereocenters. The maximum Gasteiger partial charge on any atom is 0.254 e. The third-order valence-electron chi connectivity index (χ3n) is 3.25. The van der Waals surface area contributed by atoms with Crippen LogP contribution in [0.3, 0.4) is 0 Å². The number of primary amides is 1. The van der Waals surface area contributed by atoms with Gasteiger partial charge < -0.3 is 10.6 Å². The first-order chi connectivity index (χ1) is 8.68. The molecular weight excluding hydrogens is 228 g/mol. The number of carbonyl (C=O) groups is 2. The minimum Gasteiger partial charge on any atom is -0.370 e. The fraction of sp³-hybridized carbons (Fsp3) is 0.429. The van der Waals surface area contributed by atoms with Crippen molar-refractivity contribution in [2.45, 2.75) is 32.2 Å². The van der Waals surface area contributed by atoms with E-state index in [0.29, 0.717) is 13.0 Å². The summed E-state index contributed by atoms with van der Waals surface area (Å²) < 4.78 is 0. The van der Waals surface area contributed by atoms with Gasteiger partial charge in [-0.15, -0.1) is 0 Å². The summed E-state index contributed by atoms with van der Waals surface area (Å²) in [6.45, 7) is 1.47. The molecule has 0 saturated carbocycles. The molecule has 0 aromatic heterocycles. The van der Waals surface area contributed by atoms with E-state index >= 15 is 0 Å². The Kier molecular flexibility index (Phi) is 3.97. The number of rotatable bonds is 6. The van der Waals surface area contributed by atoms with Crippen LogP contribution in [0.25, 0.3) is 0 Å². The summed E-state index contributed by atoms with van der Waals surface area (Å²) in [6.07, 6.45) is 3.11. The Hall–Kier alpha value is -1.84. The van der Waals surface area contributed by atoms with Gasteiger partial charge >= 0.3 is 0 Å². The molecule has 1 aliphatic rings. The molecule has 0 fully saturated rings. The van der Waals surface area contributed by atoms with E-state index in [1.807, 2.05) is 29.2 Å². The van der Waals surface area contributed by atoms with Crippen LogP contribution in [0.4, 0.5) is 0 Å². The van der Waals surface area contributed by atoms with Crippen LogP contribution in [-0.4, -0.2) is 23.3 Å². The van der Waals surface area contributed by atoms with Crippen molar-refractivity contribution in [1.29, 1.82) is 0 Å². The number of fused-ring (bicyclic) bond motifs is 1. The van der Waals surface area contributed by atoms with Crippen molar-refractivity contribution in [3.05, 3.63) is 35.4 Å². The molecular formula is C14H18N2O2. The number of amides is 2. The van der Waals surface area contributed by atoms with E-state index in [1.54, 1.807) is 0 Å². The molecule has 18 heavy (non-hydrogen) atoms. The molecule has 96 valence electrons. The lowest BCUT2D eigenvalue weighted by Gasteiger charge is -2.14. The molecule has 0 aliphatic carbocycles. The largest absolute Gasteiger partial charge is 0.370 e. The summed E-state index contributed by atoms with van der Waals surface area (Å²) >= 11 is 0. The highest BCUT2D eigenvalue weighted by Gasteiger charge is 2.25. The molecule has 0 saturated heterocycles. The Morgan fingerprint density at radius 1 is 1.22 bits per heavy atom. The van der Waals surface area contributed by atoms with E-state index in [4.69, 9.17) is 5.73 Å². The zero-order valence-electron chi connectivity index (χ0n) is 10.4. The third kappa shape index (κ3) is 2.88. The summed E-state index contributed by atoms with van der Waals surface area (Å²) in [6, 6.07) is 7.74. The van der Waals surface area contributed by atoms with Crippen LogP contribution >= 0.6 is 0 Å². The third-order valence-corrected chi connectivity index (χ3v) is 3.25. The summed E-state index contributed by atoms with van der Waals surface area (Å²) in [5.41, 5.74) is 7.01. The first-order valence-corrected chi connectivity index (χ1v) is 6.34. The van der Waals surface area contributed by atoms with Gasteiger partial charge in [-0.05, 0) is 24.5 Å². The van der Waals surface area contributed by atoms with Gasteiger partial charge in [-0.3, -0.25) is 9.59 Å². The highest BCUT2D eigenvalue weighted by atomic mass is 16.2. The molecule has 0 bridgehead atoms. The number of nitrogens with zero attached hydrogens (tertiary/aromatic N) is 1. The van der Waals surface area contributed by atoms with Gasteiger partial charge in [0.05, 0.1) is 0 Å². The van der Waals surface area contributed by atoms with E-state index in [9.17, 15) is 9.59 Å². The van der Waals surface area contributed by atoms with Crippen molar-refractivity contribution >= 4 is 11.8 Å². The van der Waals surface area contributed by atoms with Crippen molar-refractivity contribution in [3.63, 3.8) is 0 Å². The van der Waals surface area contributed by atoms with Crippen molar-refractivity contribution < 1.29 is 9.59 Å². The van der Waals surface area contributed by atoms with Gasteiger partial charge in [-0.2, -0.15) is 0 Å². The number of benzene rings is 1. The second kappa shape index (κ2) is 5.67. The van der Waals surface area contributed by atoms with Crippen molar-refractivity contribution in [2.75, 3.05) is 6.54 Å². The number of hydrogen-bond acceptors (Lipinski definition) is 2. The highest BCUT2D eigenvalue weighted by molar-refractivity contribution is 5.98. The van der Waals surface area contributed by atoms with Crippen molar-refractivity contribution in [3.8, 4) is 0 Å². The van der Waals surface area contributed by atoms with Crippen LogP contribution in [0.1, 0.15) is 41.6 Å². The first kappa shape index (κ1) is 12.6. The Bertz CT molecular complexity index is 457. The number of nitrogens with two attached hydrogens (primary N) is 1. The normalized spacial score (nSPS) is 13.8. The smallest absolute Gasteiger partial charge is 0.254 e. The van der Waals surface area contributed by atoms with Gasteiger partial charge in [0.2, 0.25) is 5.91 Å². The zero-order chi connectivity index (χ0) is 13.0. The van der Waals surface area contributed by atoms with Gasteiger partial charge in [-0.1, -0.05) is 24.6 Å². The summed E-state index contributed by atoms with van der Waals surface area (Å²) in [5.74, 6) is -0.125. The van der Waals surface area contributed by atoms with Gasteiger partial charge in [0.25, 0.3) is 5.91 Å². The predicted molar refractivity (Wildman–Crippen MR) is 68.8 cm³/mol. The van der Waals surface area contributed by atoms with Crippen LogP contribution < -0.4 is 5.73 Å². The molecule has 2 rings (SSSR count). The quantitative estimate of drug-likeness (QED) is 0.776. The first-order valence-electron chi connectivity index (χ1n) is 6.34. The number of carbonyl (C=O) groups excluding carboxylic acids is 2. The lowest BCUT2D eigenvalue weighted by Crippen LogP contribution is -2.25. The molecule has 1 aromatic carbocycles. The van der Waals surface area contributed by atoms with Crippen LogP contribution in [0.2, 0.25) is 0 Å². The zero-order valence-corrected chi connectivity index (χ0v) is 10.4. The minimum absolute atomic E-state index is 0.125. The number of hydrogen-bond donors (Lipinski definition) is 1. The lowest BCUT2D eigenvalue weighted by molar-refractivity contribution is -0.118. The summed E-state index contributed by atoms with van der Waals surface area (Å²) in [7, 11) is 0. The Morgan fingerprint density at radius 3 is 2.72 bits per heavy atom. The lowest BCUT2D eigenvalue weighted by atomic mass is 10.1. The number of unbranched alkanes of at least 4 members (excludes halogenated alkanes) is 2. The standard InChI is InChI=1S/C14H18N2O2/c15-13(17)8-2-1-5-9-16-10-11-6-3-4-7-12(11)14(16)18/h3-4,6-7H,1-2,5,8-10H2,(H2,15,17). The monoisotopic (exact) mass is 246 g/mol. The fourth-order valence-electron chi connectivity index (χ4n) is 2.27. The van der Waals surface area contributed by atoms with E-state index in [-0.39, 0.29) is 11.8 Å². The van der Waals surface area contributed by atoms with E-state index in [1.165, 1.54) is 0 Å². The fourth-order valence-corrected chi connectivity index (χ4v) is 2.27. The van der Waals surface area contributed by atoms with Crippen LogP contribution in [0.5, 0.6) is 0 Å². The molecule has 1 aromatic rings. The molecule has 2 N–H and O–H groups in total. The Morgan fingerprint density at radius 2 is 2.00 bits per heavy atom. The summed E-state index contributed by atoms with van der Waals surface area (Å²) in [4.78, 5) is 24.5. The maximum atomic E-state index is 12.0. The van der Waals surface area contributed by atoms with Crippen LogP contribution in [0.15, 0.2) is 24.3 Å². The maximum absolute atomic E-state index is 12.0. The minimum atomic E-state index is -0.250. The average molecular weight is 246 g/mol.